The highest BCUT2D eigenvalue weighted by Gasteiger charge is 2.39. The van der Waals surface area contributed by atoms with Gasteiger partial charge in [-0.05, 0) is 94.0 Å². The number of carbonyl (C=O) groups excluding carboxylic acids is 4. The first-order valence-electron chi connectivity index (χ1n) is 15.4. The van der Waals surface area contributed by atoms with Crippen LogP contribution < -0.4 is 21.1 Å². The molecule has 1 aromatic rings. The van der Waals surface area contributed by atoms with Crippen LogP contribution in [0.5, 0.6) is 5.75 Å². The summed E-state index contributed by atoms with van der Waals surface area (Å²) < 4.78 is 11.1. The molecule has 0 heterocycles. The van der Waals surface area contributed by atoms with Crippen LogP contribution >= 0.6 is 0 Å². The SMILES string of the molecule is CN(CC(=O)C(C)(C)N(C)CC(=O)C(C)(C)NC(C)(C)CCOC(C)(C)CCN)C(=O)CCNC(=O)Oc1ccc([N+](=O)[O-])cc1. The number of Topliss-reactive ketones (excluding diaryl/α,β-unsaturated/α-hetero) is 2. The molecule has 0 saturated heterocycles. The van der Waals surface area contributed by atoms with Crippen LogP contribution in [0.15, 0.2) is 24.3 Å². The number of nitro groups is 1. The second kappa shape index (κ2) is 16.9. The van der Waals surface area contributed by atoms with Crippen LogP contribution in [-0.4, -0.2) is 107 Å². The van der Waals surface area contributed by atoms with Crippen molar-refractivity contribution in [1.29, 1.82) is 0 Å². The summed E-state index contributed by atoms with van der Waals surface area (Å²) >= 11 is 0. The number of nitrogens with zero attached hydrogens (tertiary/aromatic N) is 3. The lowest BCUT2D eigenvalue weighted by Crippen LogP contribution is -2.61. The molecule has 0 aliphatic rings. The molecular weight excluding hydrogens is 596 g/mol. The Bertz CT molecular complexity index is 1210. The van der Waals surface area contributed by atoms with E-state index in [0.29, 0.717) is 19.6 Å². The van der Waals surface area contributed by atoms with E-state index in [1.165, 1.54) is 36.2 Å². The zero-order valence-corrected chi connectivity index (χ0v) is 29.2. The fourth-order valence-electron chi connectivity index (χ4n) is 4.54. The minimum atomic E-state index is -1.05. The molecule has 0 atom stereocenters. The zero-order valence-electron chi connectivity index (χ0n) is 29.2. The monoisotopic (exact) mass is 650 g/mol. The molecule has 0 radical (unpaired) electrons. The molecule has 0 unspecified atom stereocenters. The number of benzene rings is 1. The number of nitrogens with two attached hydrogens (primary N) is 1. The Balaban J connectivity index is 2.60. The van der Waals surface area contributed by atoms with Gasteiger partial charge in [-0.15, -0.1) is 0 Å². The minimum absolute atomic E-state index is 0.00725. The quantitative estimate of drug-likeness (QED) is 0.139. The van der Waals surface area contributed by atoms with Crippen LogP contribution in [-0.2, 0) is 19.1 Å². The van der Waals surface area contributed by atoms with Crippen molar-refractivity contribution >= 4 is 29.3 Å². The second-order valence-corrected chi connectivity index (χ2v) is 13.9. The zero-order chi connectivity index (χ0) is 35.5. The summed E-state index contributed by atoms with van der Waals surface area (Å²) in [5.41, 5.74) is 2.87. The molecule has 14 heteroatoms. The Morgan fingerprint density at radius 1 is 0.913 bits per heavy atom. The van der Waals surface area contributed by atoms with Crippen LogP contribution in [0.1, 0.15) is 74.7 Å². The number of ketones is 2. The molecule has 46 heavy (non-hydrogen) atoms. The summed E-state index contributed by atoms with van der Waals surface area (Å²) in [6.45, 7) is 15.9. The number of hydrogen-bond donors (Lipinski definition) is 3. The van der Waals surface area contributed by atoms with E-state index in [1.807, 2.05) is 41.5 Å². The standard InChI is InChI=1S/C32H54N6O8/c1-29(2,17-20-45-30(3,4)16-18-33)35-31(5,6)25(39)22-37(10)32(7,8)26(40)21-36(9)27(41)15-19-34-28(42)46-24-13-11-23(12-14-24)38(43)44/h11-14,35H,15-22,33H2,1-10H3,(H,34,42). The van der Waals surface area contributed by atoms with E-state index in [2.05, 4.69) is 10.6 Å². The van der Waals surface area contributed by atoms with Crippen LogP contribution in [0.3, 0.4) is 0 Å². The summed E-state index contributed by atoms with van der Waals surface area (Å²) in [6, 6.07) is 4.98. The normalized spacial score (nSPS) is 12.5. The third kappa shape index (κ3) is 13.5. The number of carbonyl (C=O) groups is 4. The van der Waals surface area contributed by atoms with Crippen molar-refractivity contribution in [2.75, 3.05) is 46.9 Å². The number of nitrogens with one attached hydrogen (secondary N) is 2. The summed E-state index contributed by atoms with van der Waals surface area (Å²) in [5, 5.41) is 16.6. The topological polar surface area (TPSA) is 186 Å². The lowest BCUT2D eigenvalue weighted by molar-refractivity contribution is -0.384. The highest BCUT2D eigenvalue weighted by Crippen LogP contribution is 2.22. The van der Waals surface area contributed by atoms with Gasteiger partial charge in [0.15, 0.2) is 11.6 Å². The summed E-state index contributed by atoms with van der Waals surface area (Å²) in [4.78, 5) is 64.4. The van der Waals surface area contributed by atoms with Crippen molar-refractivity contribution in [3.05, 3.63) is 34.4 Å². The first kappa shape index (κ1) is 40.6. The summed E-state index contributed by atoms with van der Waals surface area (Å²) in [6.07, 6.45) is 0.512. The first-order valence-corrected chi connectivity index (χ1v) is 15.4. The molecule has 1 rings (SSSR count). The Morgan fingerprint density at radius 2 is 1.50 bits per heavy atom. The molecule has 0 aromatic heterocycles. The van der Waals surface area contributed by atoms with E-state index < -0.39 is 27.6 Å². The van der Waals surface area contributed by atoms with Gasteiger partial charge in [0.1, 0.15) is 5.75 Å². The van der Waals surface area contributed by atoms with Gasteiger partial charge < -0.3 is 30.7 Å². The van der Waals surface area contributed by atoms with Gasteiger partial charge in [0.05, 0.1) is 34.7 Å². The third-order valence-corrected chi connectivity index (χ3v) is 8.00. The Morgan fingerprint density at radius 3 is 2.04 bits per heavy atom. The molecule has 0 aliphatic carbocycles. The highest BCUT2D eigenvalue weighted by atomic mass is 16.6. The van der Waals surface area contributed by atoms with E-state index >= 15 is 0 Å². The molecule has 2 amide bonds. The molecule has 0 bridgehead atoms. The van der Waals surface area contributed by atoms with E-state index in [-0.39, 0.29) is 60.6 Å². The van der Waals surface area contributed by atoms with Gasteiger partial charge in [-0.25, -0.2) is 4.79 Å². The molecule has 14 nitrogen and oxygen atoms in total. The number of nitro benzene ring substituents is 1. The number of amides is 2. The van der Waals surface area contributed by atoms with Gasteiger partial charge in [0, 0.05) is 44.3 Å². The van der Waals surface area contributed by atoms with Crippen molar-refractivity contribution in [2.24, 2.45) is 5.73 Å². The fourth-order valence-corrected chi connectivity index (χ4v) is 4.54. The average molecular weight is 651 g/mol. The second-order valence-electron chi connectivity index (χ2n) is 13.9. The van der Waals surface area contributed by atoms with Crippen LogP contribution in [0, 0.1) is 10.1 Å². The van der Waals surface area contributed by atoms with Crippen LogP contribution in [0.2, 0.25) is 0 Å². The number of ether oxygens (including phenoxy) is 2. The maximum absolute atomic E-state index is 13.4. The smallest absolute Gasteiger partial charge is 0.410 e. The van der Waals surface area contributed by atoms with Gasteiger partial charge in [-0.2, -0.15) is 0 Å². The number of non-ortho nitro benzene ring substituents is 1. The van der Waals surface area contributed by atoms with E-state index in [0.717, 1.165) is 6.42 Å². The van der Waals surface area contributed by atoms with E-state index in [1.54, 1.807) is 25.8 Å². The van der Waals surface area contributed by atoms with Crippen LogP contribution in [0.25, 0.3) is 0 Å². The third-order valence-electron chi connectivity index (χ3n) is 8.00. The van der Waals surface area contributed by atoms with Gasteiger partial charge in [0.25, 0.3) is 5.69 Å². The average Bonchev–Trinajstić information content (AvgIpc) is 2.92. The largest absolute Gasteiger partial charge is 0.412 e. The summed E-state index contributed by atoms with van der Waals surface area (Å²) in [5.74, 6) is -0.615. The fraction of sp³-hybridized carbons (Fsp3) is 0.688. The Kier molecular flexibility index (Phi) is 14.9. The molecule has 1 aromatic carbocycles. The van der Waals surface area contributed by atoms with Crippen molar-refractivity contribution in [2.45, 2.75) is 96.9 Å². The van der Waals surface area contributed by atoms with Crippen molar-refractivity contribution in [3.8, 4) is 5.75 Å². The molecule has 0 spiro atoms. The predicted molar refractivity (Wildman–Crippen MR) is 176 cm³/mol. The number of rotatable bonds is 20. The van der Waals surface area contributed by atoms with Gasteiger partial charge in [-0.3, -0.25) is 29.4 Å². The molecule has 0 saturated carbocycles. The van der Waals surface area contributed by atoms with Crippen molar-refractivity contribution < 1.29 is 33.6 Å². The summed E-state index contributed by atoms with van der Waals surface area (Å²) in [7, 11) is 3.19. The molecule has 0 fully saturated rings. The van der Waals surface area contributed by atoms with Gasteiger partial charge in [-0.1, -0.05) is 0 Å². The molecule has 0 aliphatic heterocycles. The minimum Gasteiger partial charge on any atom is -0.410 e. The van der Waals surface area contributed by atoms with Crippen LogP contribution in [0.4, 0.5) is 10.5 Å². The molecule has 4 N–H and O–H groups in total. The van der Waals surface area contributed by atoms with Gasteiger partial charge >= 0.3 is 6.09 Å². The van der Waals surface area contributed by atoms with E-state index in [9.17, 15) is 29.3 Å². The highest BCUT2D eigenvalue weighted by molar-refractivity contribution is 5.94. The maximum Gasteiger partial charge on any atom is 0.412 e. The Labute approximate surface area is 272 Å². The molecular formula is C32H54N6O8. The Hall–Kier alpha value is -3.46. The number of hydrogen-bond acceptors (Lipinski definition) is 11. The van der Waals surface area contributed by atoms with E-state index in [4.69, 9.17) is 15.2 Å². The molecule has 260 valence electrons. The number of likely N-dealkylation sites (N-methyl/N-ethyl adjacent to an activating group) is 2. The predicted octanol–water partition coefficient (Wildman–Crippen LogP) is 3.06. The lowest BCUT2D eigenvalue weighted by atomic mass is 9.90. The van der Waals surface area contributed by atoms with Crippen molar-refractivity contribution in [1.82, 2.24) is 20.4 Å². The van der Waals surface area contributed by atoms with Gasteiger partial charge in [0.2, 0.25) is 5.91 Å². The lowest BCUT2D eigenvalue weighted by Gasteiger charge is -2.40. The van der Waals surface area contributed by atoms with Crippen molar-refractivity contribution in [3.63, 3.8) is 0 Å². The maximum atomic E-state index is 13.4. The first-order chi connectivity index (χ1) is 21.0.